The Morgan fingerprint density at radius 3 is 2.62 bits per heavy atom. The molecule has 4 nitrogen and oxygen atoms in total. The summed E-state index contributed by atoms with van der Waals surface area (Å²) in [7, 11) is 0. The summed E-state index contributed by atoms with van der Waals surface area (Å²) in [4.78, 5) is 11.6. The van der Waals surface area contributed by atoms with Crippen LogP contribution in [0.15, 0.2) is 0 Å². The molecule has 0 spiro atoms. The smallest absolute Gasteiger partial charge is 0.321 e. The fourth-order valence-electron chi connectivity index (χ4n) is 1.79. The van der Waals surface area contributed by atoms with Crippen LogP contribution in [-0.4, -0.2) is 25.7 Å². The average molecular weight is 186 g/mol. The van der Waals surface area contributed by atoms with E-state index in [9.17, 15) is 4.79 Å². The first-order valence-corrected chi connectivity index (χ1v) is 4.63. The van der Waals surface area contributed by atoms with Crippen LogP contribution in [0.2, 0.25) is 0 Å². The molecule has 2 bridgehead atoms. The highest BCUT2D eigenvalue weighted by atomic mass is 16.9. The minimum Gasteiger partial charge on any atom is -0.410 e. The van der Waals surface area contributed by atoms with Crippen LogP contribution in [0.25, 0.3) is 0 Å². The highest BCUT2D eigenvalue weighted by Gasteiger charge is 2.54. The van der Waals surface area contributed by atoms with Crippen molar-refractivity contribution in [2.24, 2.45) is 11.3 Å². The van der Waals surface area contributed by atoms with Gasteiger partial charge in [-0.3, -0.25) is 4.79 Å². The number of hydrogen-bond donors (Lipinski definition) is 0. The third-order valence-electron chi connectivity index (χ3n) is 3.12. The largest absolute Gasteiger partial charge is 0.410 e. The lowest BCUT2D eigenvalue weighted by atomic mass is 9.75. The van der Waals surface area contributed by atoms with Crippen molar-refractivity contribution in [2.45, 2.75) is 26.7 Å². The van der Waals surface area contributed by atoms with Gasteiger partial charge in [-0.25, -0.2) is 0 Å². The minimum atomic E-state index is -0.751. The molecule has 3 aliphatic heterocycles. The van der Waals surface area contributed by atoms with E-state index in [-0.39, 0.29) is 11.9 Å². The van der Waals surface area contributed by atoms with E-state index in [2.05, 4.69) is 0 Å². The normalized spacial score (nSPS) is 40.2. The molecule has 0 saturated carbocycles. The fraction of sp³-hybridized carbons (Fsp3) is 0.889. The van der Waals surface area contributed by atoms with E-state index >= 15 is 0 Å². The molecule has 0 amide bonds. The van der Waals surface area contributed by atoms with Gasteiger partial charge in [-0.05, 0) is 5.92 Å². The van der Waals surface area contributed by atoms with Gasteiger partial charge in [-0.2, -0.15) is 0 Å². The molecule has 1 unspecified atom stereocenters. The molecule has 3 saturated heterocycles. The molecule has 3 fully saturated rings. The van der Waals surface area contributed by atoms with E-state index in [1.807, 2.05) is 13.8 Å². The number of ether oxygens (including phenoxy) is 3. The molecule has 0 aliphatic carbocycles. The number of fused-ring (bicyclic) bond motifs is 3. The zero-order chi connectivity index (χ0) is 9.47. The Morgan fingerprint density at radius 2 is 2.15 bits per heavy atom. The highest BCUT2D eigenvalue weighted by molar-refractivity contribution is 5.78. The van der Waals surface area contributed by atoms with Crippen LogP contribution in [0.1, 0.15) is 20.3 Å². The predicted octanol–water partition coefficient (Wildman–Crippen LogP) is 0.906. The van der Waals surface area contributed by atoms with Crippen LogP contribution in [0.4, 0.5) is 0 Å². The van der Waals surface area contributed by atoms with E-state index in [0.29, 0.717) is 13.2 Å². The van der Waals surface area contributed by atoms with Gasteiger partial charge in [0.25, 0.3) is 0 Å². The number of esters is 1. The molecule has 13 heavy (non-hydrogen) atoms. The number of carbonyl (C=O) groups is 1. The topological polar surface area (TPSA) is 44.8 Å². The number of rotatable bonds is 2. The van der Waals surface area contributed by atoms with Crippen molar-refractivity contribution in [2.75, 3.05) is 13.2 Å². The fourth-order valence-corrected chi connectivity index (χ4v) is 1.79. The average Bonchev–Trinajstić information content (AvgIpc) is 2.18. The van der Waals surface area contributed by atoms with E-state index < -0.39 is 11.9 Å². The molecular weight excluding hydrogens is 172 g/mol. The Kier molecular flexibility index (Phi) is 2.04. The molecular formula is C9H14O4. The zero-order valence-corrected chi connectivity index (χ0v) is 7.91. The molecule has 3 rings (SSSR count). The van der Waals surface area contributed by atoms with Gasteiger partial charge in [-0.1, -0.05) is 20.3 Å². The predicted molar refractivity (Wildman–Crippen MR) is 43.7 cm³/mol. The van der Waals surface area contributed by atoms with E-state index in [4.69, 9.17) is 14.2 Å². The van der Waals surface area contributed by atoms with Gasteiger partial charge in [0, 0.05) is 0 Å². The lowest BCUT2D eigenvalue weighted by Crippen LogP contribution is -2.58. The Balaban J connectivity index is 2.22. The quantitative estimate of drug-likeness (QED) is 0.601. The van der Waals surface area contributed by atoms with Crippen molar-refractivity contribution in [3.63, 3.8) is 0 Å². The first-order chi connectivity index (χ1) is 6.19. The summed E-state index contributed by atoms with van der Waals surface area (Å²) in [6.45, 7) is 4.20. The maximum atomic E-state index is 11.6. The summed E-state index contributed by atoms with van der Waals surface area (Å²) in [6, 6.07) is 0. The summed E-state index contributed by atoms with van der Waals surface area (Å²) >= 11 is 0. The third-order valence-corrected chi connectivity index (χ3v) is 3.12. The minimum absolute atomic E-state index is 0.163. The molecule has 3 heterocycles. The van der Waals surface area contributed by atoms with E-state index in [1.54, 1.807) is 0 Å². The zero-order valence-electron chi connectivity index (χ0n) is 7.91. The lowest BCUT2D eigenvalue weighted by molar-refractivity contribution is -0.366. The third kappa shape index (κ3) is 1.16. The summed E-state index contributed by atoms with van der Waals surface area (Å²) < 4.78 is 15.3. The van der Waals surface area contributed by atoms with Crippen molar-refractivity contribution in [1.29, 1.82) is 0 Å². The Morgan fingerprint density at radius 1 is 1.54 bits per heavy atom. The number of hydrogen-bond acceptors (Lipinski definition) is 4. The second-order valence-electron chi connectivity index (χ2n) is 3.78. The SMILES string of the molecule is CCC(C)C12COC(OC1)OC2=O. The van der Waals surface area contributed by atoms with Gasteiger partial charge >= 0.3 is 12.4 Å². The molecule has 3 aliphatic rings. The molecule has 0 N–H and O–H groups in total. The van der Waals surface area contributed by atoms with Gasteiger partial charge < -0.3 is 14.2 Å². The Hall–Kier alpha value is -0.610. The second kappa shape index (κ2) is 2.96. The van der Waals surface area contributed by atoms with Gasteiger partial charge in [-0.15, -0.1) is 0 Å². The molecule has 0 aromatic carbocycles. The van der Waals surface area contributed by atoms with Crippen LogP contribution in [-0.2, 0) is 19.0 Å². The first-order valence-electron chi connectivity index (χ1n) is 4.63. The Labute approximate surface area is 77.1 Å². The molecule has 0 aromatic rings. The number of carbonyl (C=O) groups excluding carboxylic acids is 1. The summed E-state index contributed by atoms with van der Waals surface area (Å²) in [6.07, 6.45) is 0.923. The van der Waals surface area contributed by atoms with Crippen LogP contribution in [0, 0.1) is 11.3 Å². The van der Waals surface area contributed by atoms with Crippen molar-refractivity contribution in [3.05, 3.63) is 0 Å². The Bertz CT molecular complexity index is 218. The molecule has 4 heteroatoms. The molecule has 0 radical (unpaired) electrons. The van der Waals surface area contributed by atoms with Gasteiger partial charge in [0.15, 0.2) is 0 Å². The van der Waals surface area contributed by atoms with Crippen molar-refractivity contribution in [1.82, 2.24) is 0 Å². The maximum Gasteiger partial charge on any atom is 0.321 e. The van der Waals surface area contributed by atoms with Crippen molar-refractivity contribution >= 4 is 5.97 Å². The second-order valence-corrected chi connectivity index (χ2v) is 3.78. The summed E-state index contributed by atoms with van der Waals surface area (Å²) in [5, 5.41) is 0. The highest BCUT2D eigenvalue weighted by Crippen LogP contribution is 2.40. The van der Waals surface area contributed by atoms with Gasteiger partial charge in [0.1, 0.15) is 5.41 Å². The van der Waals surface area contributed by atoms with E-state index in [0.717, 1.165) is 6.42 Å². The molecule has 0 aromatic heterocycles. The van der Waals surface area contributed by atoms with Crippen LogP contribution in [0.3, 0.4) is 0 Å². The lowest BCUT2D eigenvalue weighted by Gasteiger charge is -2.46. The van der Waals surface area contributed by atoms with Gasteiger partial charge in [0.2, 0.25) is 0 Å². The van der Waals surface area contributed by atoms with Crippen molar-refractivity contribution < 1.29 is 19.0 Å². The first kappa shape index (κ1) is 8.97. The summed E-state index contributed by atoms with van der Waals surface area (Å²) in [5.74, 6) is 0.0746. The van der Waals surface area contributed by atoms with Crippen molar-refractivity contribution in [3.8, 4) is 0 Å². The summed E-state index contributed by atoms with van der Waals surface area (Å²) in [5.41, 5.74) is -0.552. The van der Waals surface area contributed by atoms with E-state index in [1.165, 1.54) is 0 Å². The van der Waals surface area contributed by atoms with Crippen LogP contribution in [0.5, 0.6) is 0 Å². The standard InChI is InChI=1S/C9H14O4/c1-3-6(2)9-4-11-8(12-5-9)13-7(9)10/h6,8H,3-5H2,1-2H3. The molecule has 74 valence electrons. The van der Waals surface area contributed by atoms with Crippen LogP contribution < -0.4 is 0 Å². The van der Waals surface area contributed by atoms with Gasteiger partial charge in [0.05, 0.1) is 13.2 Å². The monoisotopic (exact) mass is 186 g/mol. The maximum absolute atomic E-state index is 11.6. The van der Waals surface area contributed by atoms with Crippen LogP contribution >= 0.6 is 0 Å². The molecule has 1 atom stereocenters.